The number of amides is 2. The van der Waals surface area contributed by atoms with Gasteiger partial charge in [0.05, 0.1) is 0 Å². The van der Waals surface area contributed by atoms with E-state index in [2.05, 4.69) is 10.6 Å². The summed E-state index contributed by atoms with van der Waals surface area (Å²) in [5.74, 6) is 0.0636. The first-order valence-corrected chi connectivity index (χ1v) is 6.42. The maximum absolute atomic E-state index is 11.9. The first kappa shape index (κ1) is 14.0. The number of piperazine rings is 1. The van der Waals surface area contributed by atoms with Crippen molar-refractivity contribution in [2.75, 3.05) is 26.2 Å². The van der Waals surface area contributed by atoms with Gasteiger partial charge in [-0.3, -0.25) is 9.59 Å². The van der Waals surface area contributed by atoms with Gasteiger partial charge in [-0.15, -0.1) is 0 Å². The van der Waals surface area contributed by atoms with Crippen LogP contribution in [-0.2, 0) is 9.59 Å². The van der Waals surface area contributed by atoms with E-state index in [0.717, 1.165) is 26.1 Å². The molecule has 0 radical (unpaired) electrons. The quantitative estimate of drug-likeness (QED) is 0.718. The zero-order chi connectivity index (χ0) is 12.7. The van der Waals surface area contributed by atoms with Crippen LogP contribution < -0.4 is 10.6 Å². The molecule has 2 amide bonds. The zero-order valence-corrected chi connectivity index (χ0v) is 10.8. The molecule has 1 atom stereocenters. The minimum Gasteiger partial charge on any atom is -0.356 e. The van der Waals surface area contributed by atoms with Crippen LogP contribution in [0.25, 0.3) is 0 Å². The van der Waals surface area contributed by atoms with E-state index in [9.17, 15) is 9.59 Å². The zero-order valence-electron chi connectivity index (χ0n) is 10.8. The van der Waals surface area contributed by atoms with Gasteiger partial charge >= 0.3 is 0 Å². The highest BCUT2D eigenvalue weighted by Gasteiger charge is 2.22. The minimum atomic E-state index is -0.0250. The van der Waals surface area contributed by atoms with E-state index >= 15 is 0 Å². The van der Waals surface area contributed by atoms with Gasteiger partial charge in [-0.2, -0.15) is 0 Å². The number of carbonyl (C=O) groups excluding carboxylic acids is 2. The number of nitrogens with one attached hydrogen (secondary N) is 2. The molecule has 0 saturated carbocycles. The van der Waals surface area contributed by atoms with Crippen LogP contribution in [0.15, 0.2) is 0 Å². The predicted molar refractivity (Wildman–Crippen MR) is 66.6 cm³/mol. The normalized spacial score (nSPS) is 20.1. The van der Waals surface area contributed by atoms with Gasteiger partial charge in [-0.25, -0.2) is 0 Å². The summed E-state index contributed by atoms with van der Waals surface area (Å²) in [5.41, 5.74) is 0. The summed E-state index contributed by atoms with van der Waals surface area (Å²) in [6.45, 7) is 7.16. The van der Waals surface area contributed by atoms with E-state index in [4.69, 9.17) is 0 Å². The molecule has 98 valence electrons. The van der Waals surface area contributed by atoms with Crippen LogP contribution >= 0.6 is 0 Å². The molecule has 1 heterocycles. The van der Waals surface area contributed by atoms with Crippen LogP contribution in [0.3, 0.4) is 0 Å². The lowest BCUT2D eigenvalue weighted by Gasteiger charge is -2.34. The second-order valence-electron chi connectivity index (χ2n) is 4.49. The molecule has 0 unspecified atom stereocenters. The van der Waals surface area contributed by atoms with E-state index in [-0.39, 0.29) is 17.9 Å². The summed E-state index contributed by atoms with van der Waals surface area (Å²) in [6, 6.07) is 0.231. The Bertz CT molecular complexity index is 268. The molecule has 0 spiro atoms. The number of carbonyl (C=O) groups is 2. The fraction of sp³-hybridized carbons (Fsp3) is 0.833. The van der Waals surface area contributed by atoms with Gasteiger partial charge in [0.1, 0.15) is 0 Å². The van der Waals surface area contributed by atoms with Crippen molar-refractivity contribution in [3.05, 3.63) is 0 Å². The standard InChI is InChI=1S/C12H23N3O2/c1-3-6-14-11(16)4-5-12(17)15-8-7-13-9-10(15)2/h10,13H,3-9H2,1-2H3,(H,14,16)/t10-/m1/s1. The molecule has 0 bridgehead atoms. The molecule has 17 heavy (non-hydrogen) atoms. The Morgan fingerprint density at radius 2 is 2.18 bits per heavy atom. The van der Waals surface area contributed by atoms with E-state index in [1.165, 1.54) is 0 Å². The Morgan fingerprint density at radius 3 is 2.82 bits per heavy atom. The van der Waals surface area contributed by atoms with Gasteiger partial charge in [-0.05, 0) is 13.3 Å². The highest BCUT2D eigenvalue weighted by atomic mass is 16.2. The third-order valence-corrected chi connectivity index (χ3v) is 2.96. The fourth-order valence-corrected chi connectivity index (χ4v) is 1.93. The van der Waals surface area contributed by atoms with Gasteiger partial charge in [0.25, 0.3) is 0 Å². The van der Waals surface area contributed by atoms with Gasteiger partial charge in [-0.1, -0.05) is 6.92 Å². The molecule has 0 aromatic heterocycles. The molecule has 1 rings (SSSR count). The van der Waals surface area contributed by atoms with Crippen LogP contribution in [0.4, 0.5) is 0 Å². The average Bonchev–Trinajstić information content (AvgIpc) is 2.34. The van der Waals surface area contributed by atoms with Crippen molar-refractivity contribution < 1.29 is 9.59 Å². The maximum Gasteiger partial charge on any atom is 0.223 e. The molecule has 0 aromatic carbocycles. The summed E-state index contributed by atoms with van der Waals surface area (Å²) in [7, 11) is 0. The lowest BCUT2D eigenvalue weighted by atomic mass is 10.2. The smallest absolute Gasteiger partial charge is 0.223 e. The lowest BCUT2D eigenvalue weighted by molar-refractivity contribution is -0.136. The number of hydrogen-bond acceptors (Lipinski definition) is 3. The van der Waals surface area contributed by atoms with Crippen LogP contribution in [0.5, 0.6) is 0 Å². The molecular formula is C12H23N3O2. The molecule has 0 aromatic rings. The van der Waals surface area contributed by atoms with Gasteiger partial charge in [0.2, 0.25) is 11.8 Å². The topological polar surface area (TPSA) is 61.4 Å². The van der Waals surface area contributed by atoms with Crippen molar-refractivity contribution in [2.45, 2.75) is 39.2 Å². The molecule has 1 saturated heterocycles. The third-order valence-electron chi connectivity index (χ3n) is 2.96. The van der Waals surface area contributed by atoms with Crippen LogP contribution in [0.1, 0.15) is 33.1 Å². The molecule has 1 fully saturated rings. The second-order valence-corrected chi connectivity index (χ2v) is 4.49. The lowest BCUT2D eigenvalue weighted by Crippen LogP contribution is -2.52. The Balaban J connectivity index is 2.26. The predicted octanol–water partition coefficient (Wildman–Crippen LogP) is 0.113. The summed E-state index contributed by atoms with van der Waals surface area (Å²) in [6.07, 6.45) is 1.55. The SMILES string of the molecule is CCCNC(=O)CCC(=O)N1CCNC[C@H]1C. The van der Waals surface area contributed by atoms with Crippen molar-refractivity contribution in [1.29, 1.82) is 0 Å². The molecule has 1 aliphatic heterocycles. The third kappa shape index (κ3) is 4.73. The van der Waals surface area contributed by atoms with Crippen LogP contribution in [-0.4, -0.2) is 48.9 Å². The highest BCUT2D eigenvalue weighted by Crippen LogP contribution is 2.06. The first-order chi connectivity index (χ1) is 8.15. The Kier molecular flexibility index (Phi) is 5.97. The highest BCUT2D eigenvalue weighted by molar-refractivity contribution is 5.83. The number of hydrogen-bond donors (Lipinski definition) is 2. The van der Waals surface area contributed by atoms with Crippen molar-refractivity contribution in [1.82, 2.24) is 15.5 Å². The summed E-state index contributed by atoms with van der Waals surface area (Å²) in [5, 5.41) is 6.02. The van der Waals surface area contributed by atoms with E-state index < -0.39 is 0 Å². The maximum atomic E-state index is 11.9. The van der Waals surface area contributed by atoms with E-state index in [1.807, 2.05) is 18.7 Å². The first-order valence-electron chi connectivity index (χ1n) is 6.42. The van der Waals surface area contributed by atoms with Crippen molar-refractivity contribution in [3.63, 3.8) is 0 Å². The largest absolute Gasteiger partial charge is 0.356 e. The van der Waals surface area contributed by atoms with Crippen LogP contribution in [0, 0.1) is 0 Å². The van der Waals surface area contributed by atoms with Crippen molar-refractivity contribution >= 4 is 11.8 Å². The molecule has 5 nitrogen and oxygen atoms in total. The minimum absolute atomic E-state index is 0.0250. The number of rotatable bonds is 5. The summed E-state index contributed by atoms with van der Waals surface area (Å²) >= 11 is 0. The summed E-state index contributed by atoms with van der Waals surface area (Å²) in [4.78, 5) is 25.1. The Hall–Kier alpha value is -1.10. The van der Waals surface area contributed by atoms with Crippen molar-refractivity contribution in [2.24, 2.45) is 0 Å². The number of nitrogens with zero attached hydrogens (tertiary/aromatic N) is 1. The fourth-order valence-electron chi connectivity index (χ4n) is 1.93. The molecule has 1 aliphatic rings. The van der Waals surface area contributed by atoms with Crippen LogP contribution in [0.2, 0.25) is 0 Å². The van der Waals surface area contributed by atoms with Gasteiger partial charge in [0.15, 0.2) is 0 Å². The van der Waals surface area contributed by atoms with Gasteiger partial charge < -0.3 is 15.5 Å². The monoisotopic (exact) mass is 241 g/mol. The average molecular weight is 241 g/mol. The Labute approximate surface area is 103 Å². The molecule has 5 heteroatoms. The molecule has 0 aliphatic carbocycles. The Morgan fingerprint density at radius 1 is 1.41 bits per heavy atom. The van der Waals surface area contributed by atoms with E-state index in [1.54, 1.807) is 0 Å². The molecule has 2 N–H and O–H groups in total. The molecular weight excluding hydrogens is 218 g/mol. The second kappa shape index (κ2) is 7.27. The summed E-state index contributed by atoms with van der Waals surface area (Å²) < 4.78 is 0. The van der Waals surface area contributed by atoms with Gasteiger partial charge in [0, 0.05) is 45.1 Å². The van der Waals surface area contributed by atoms with E-state index in [0.29, 0.717) is 19.4 Å². The van der Waals surface area contributed by atoms with Crippen molar-refractivity contribution in [3.8, 4) is 0 Å².